The number of nitrogens with one attached hydrogen (secondary N) is 1. The zero-order valence-corrected chi connectivity index (χ0v) is 16.5. The Bertz CT molecular complexity index is 1280. The van der Waals surface area contributed by atoms with E-state index in [9.17, 15) is 18.4 Å². The van der Waals surface area contributed by atoms with Crippen molar-refractivity contribution in [1.29, 1.82) is 0 Å². The summed E-state index contributed by atoms with van der Waals surface area (Å²) < 4.78 is 35.0. The SMILES string of the molecule is Cc1nc2c(cc(OCC(=O)Nc3cc(C(N)=O)c(F)cc3F)c3ccsc32)s1. The highest BCUT2D eigenvalue weighted by atomic mass is 32.1. The van der Waals surface area contributed by atoms with Crippen LogP contribution in [0.15, 0.2) is 29.6 Å². The fourth-order valence-corrected chi connectivity index (χ4v) is 4.70. The monoisotopic (exact) mass is 433 g/mol. The summed E-state index contributed by atoms with van der Waals surface area (Å²) >= 11 is 3.04. The molecule has 0 aliphatic carbocycles. The number of nitrogens with two attached hydrogens (primary N) is 1. The first-order chi connectivity index (χ1) is 13.8. The van der Waals surface area contributed by atoms with Crippen molar-refractivity contribution in [3.63, 3.8) is 0 Å². The average molecular weight is 433 g/mol. The van der Waals surface area contributed by atoms with E-state index in [4.69, 9.17) is 10.5 Å². The number of benzene rings is 2. The Hall–Kier alpha value is -3.11. The van der Waals surface area contributed by atoms with Crippen LogP contribution in [0.2, 0.25) is 0 Å². The van der Waals surface area contributed by atoms with Crippen LogP contribution < -0.4 is 15.8 Å². The summed E-state index contributed by atoms with van der Waals surface area (Å²) in [5, 5.41) is 5.92. The van der Waals surface area contributed by atoms with Gasteiger partial charge in [0, 0.05) is 17.5 Å². The lowest BCUT2D eigenvalue weighted by molar-refractivity contribution is -0.118. The maximum absolute atomic E-state index is 13.9. The number of aromatic nitrogens is 1. The molecule has 2 aromatic carbocycles. The lowest BCUT2D eigenvalue weighted by atomic mass is 10.1. The van der Waals surface area contributed by atoms with Crippen molar-refractivity contribution in [1.82, 2.24) is 4.98 Å². The van der Waals surface area contributed by atoms with E-state index in [-0.39, 0.29) is 5.69 Å². The zero-order valence-electron chi connectivity index (χ0n) is 14.9. The molecule has 6 nitrogen and oxygen atoms in total. The molecular weight excluding hydrogens is 420 g/mol. The van der Waals surface area contributed by atoms with Gasteiger partial charge >= 0.3 is 0 Å². The Labute approximate surface area is 170 Å². The van der Waals surface area contributed by atoms with E-state index in [1.54, 1.807) is 0 Å². The second kappa shape index (κ2) is 7.37. The second-order valence-corrected chi connectivity index (χ2v) is 8.28. The maximum atomic E-state index is 13.9. The Morgan fingerprint density at radius 3 is 2.79 bits per heavy atom. The van der Waals surface area contributed by atoms with Gasteiger partial charge in [-0.15, -0.1) is 22.7 Å². The second-order valence-electron chi connectivity index (χ2n) is 6.13. The van der Waals surface area contributed by atoms with Gasteiger partial charge in [0.2, 0.25) is 0 Å². The number of halogens is 2. The van der Waals surface area contributed by atoms with Crippen molar-refractivity contribution in [2.24, 2.45) is 5.73 Å². The van der Waals surface area contributed by atoms with E-state index in [0.717, 1.165) is 31.4 Å². The Kier molecular flexibility index (Phi) is 4.89. The lowest BCUT2D eigenvalue weighted by Crippen LogP contribution is -2.22. The first-order valence-electron chi connectivity index (χ1n) is 8.32. The molecule has 0 radical (unpaired) electrons. The van der Waals surface area contributed by atoms with Crippen LogP contribution in [0.1, 0.15) is 15.4 Å². The van der Waals surface area contributed by atoms with E-state index in [2.05, 4.69) is 10.3 Å². The van der Waals surface area contributed by atoms with Crippen LogP contribution in [0.4, 0.5) is 14.5 Å². The molecule has 10 heteroatoms. The van der Waals surface area contributed by atoms with Crippen LogP contribution in [0.25, 0.3) is 20.3 Å². The van der Waals surface area contributed by atoms with Crippen LogP contribution in [-0.4, -0.2) is 23.4 Å². The molecule has 148 valence electrons. The minimum atomic E-state index is -1.10. The molecule has 0 saturated carbocycles. The number of thiazole rings is 1. The molecule has 3 N–H and O–H groups in total. The number of rotatable bonds is 5. The molecule has 0 aliphatic heterocycles. The lowest BCUT2D eigenvalue weighted by Gasteiger charge is -2.10. The molecule has 0 unspecified atom stereocenters. The highest BCUT2D eigenvalue weighted by Gasteiger charge is 2.17. The third-order valence-corrected chi connectivity index (χ3v) is 5.96. The van der Waals surface area contributed by atoms with Gasteiger partial charge in [0.25, 0.3) is 11.8 Å². The molecule has 0 fully saturated rings. The summed E-state index contributed by atoms with van der Waals surface area (Å²) in [6, 6.07) is 5.03. The Morgan fingerprint density at radius 1 is 1.24 bits per heavy atom. The minimum Gasteiger partial charge on any atom is -0.483 e. The van der Waals surface area contributed by atoms with Crippen molar-refractivity contribution in [3.05, 3.63) is 51.9 Å². The van der Waals surface area contributed by atoms with Crippen molar-refractivity contribution in [3.8, 4) is 5.75 Å². The number of hydrogen-bond acceptors (Lipinski definition) is 6. The molecule has 29 heavy (non-hydrogen) atoms. The van der Waals surface area contributed by atoms with E-state index in [1.807, 2.05) is 24.4 Å². The third-order valence-electron chi connectivity index (χ3n) is 4.12. The molecule has 0 bridgehead atoms. The van der Waals surface area contributed by atoms with Gasteiger partial charge < -0.3 is 15.8 Å². The number of carbonyl (C=O) groups is 2. The number of carbonyl (C=O) groups excluding carboxylic acids is 2. The topological polar surface area (TPSA) is 94.3 Å². The minimum absolute atomic E-state index is 0.358. The van der Waals surface area contributed by atoms with Gasteiger partial charge in [0.15, 0.2) is 6.61 Å². The van der Waals surface area contributed by atoms with Crippen molar-refractivity contribution >= 4 is 60.5 Å². The summed E-state index contributed by atoms with van der Waals surface area (Å²) in [4.78, 5) is 28.0. The molecular formula is C19H13F2N3O3S2. The summed E-state index contributed by atoms with van der Waals surface area (Å²) in [6.07, 6.45) is 0. The fourth-order valence-electron chi connectivity index (χ4n) is 2.87. The number of primary amides is 1. The molecule has 4 aromatic rings. The van der Waals surface area contributed by atoms with Crippen LogP contribution in [0, 0.1) is 18.6 Å². The third kappa shape index (κ3) is 3.64. The Morgan fingerprint density at radius 2 is 2.03 bits per heavy atom. The van der Waals surface area contributed by atoms with Gasteiger partial charge in [-0.1, -0.05) is 0 Å². The highest BCUT2D eigenvalue weighted by molar-refractivity contribution is 7.21. The van der Waals surface area contributed by atoms with Crippen LogP contribution in [0.5, 0.6) is 5.75 Å². The predicted molar refractivity (Wildman–Crippen MR) is 109 cm³/mol. The van der Waals surface area contributed by atoms with Gasteiger partial charge in [0.05, 0.1) is 31.2 Å². The Balaban J connectivity index is 1.55. The number of aryl methyl sites for hydroxylation is 1. The summed E-state index contributed by atoms with van der Waals surface area (Å²) in [5.74, 6) is -3.36. The smallest absolute Gasteiger partial charge is 0.262 e. The molecule has 0 spiro atoms. The maximum Gasteiger partial charge on any atom is 0.262 e. The number of hydrogen-bond donors (Lipinski definition) is 2. The van der Waals surface area contributed by atoms with Crippen LogP contribution in [-0.2, 0) is 4.79 Å². The fraction of sp³-hybridized carbons (Fsp3) is 0.105. The van der Waals surface area contributed by atoms with Gasteiger partial charge in [0.1, 0.15) is 17.4 Å². The van der Waals surface area contributed by atoms with E-state index < -0.39 is 35.6 Å². The number of fused-ring (bicyclic) bond motifs is 3. The first kappa shape index (κ1) is 19.2. The molecule has 2 aromatic heterocycles. The average Bonchev–Trinajstić information content (AvgIpc) is 3.27. The number of ether oxygens (including phenoxy) is 1. The van der Waals surface area contributed by atoms with E-state index in [1.165, 1.54) is 22.7 Å². The van der Waals surface area contributed by atoms with E-state index in [0.29, 0.717) is 11.8 Å². The standard InChI is InChI=1S/C19H13F2N3O3S2/c1-8-23-17-15(29-8)6-14(9-2-3-28-18(9)17)27-7-16(25)24-13-4-10(19(22)26)11(20)5-12(13)21/h2-6H,7H2,1H3,(H2,22,26)(H,24,25). The predicted octanol–water partition coefficient (Wildman–Crippen LogP) is 4.21. The molecule has 0 aliphatic rings. The van der Waals surface area contributed by atoms with Gasteiger partial charge in [-0.3, -0.25) is 9.59 Å². The highest BCUT2D eigenvalue weighted by Crippen LogP contribution is 2.38. The van der Waals surface area contributed by atoms with Crippen LogP contribution in [0.3, 0.4) is 0 Å². The summed E-state index contributed by atoms with van der Waals surface area (Å²) in [5.41, 5.74) is 5.06. The number of amides is 2. The van der Waals surface area contributed by atoms with Gasteiger partial charge in [-0.05, 0) is 24.4 Å². The van der Waals surface area contributed by atoms with Gasteiger partial charge in [-0.2, -0.15) is 0 Å². The van der Waals surface area contributed by atoms with Crippen molar-refractivity contribution < 1.29 is 23.1 Å². The number of nitrogens with zero attached hydrogens (tertiary/aromatic N) is 1. The molecule has 4 rings (SSSR count). The van der Waals surface area contributed by atoms with Crippen molar-refractivity contribution in [2.75, 3.05) is 11.9 Å². The van der Waals surface area contributed by atoms with Gasteiger partial charge in [-0.25, -0.2) is 13.8 Å². The van der Waals surface area contributed by atoms with Crippen molar-refractivity contribution in [2.45, 2.75) is 6.92 Å². The molecule has 0 atom stereocenters. The normalized spacial score (nSPS) is 11.1. The number of anilines is 1. The summed E-state index contributed by atoms with van der Waals surface area (Å²) in [7, 11) is 0. The summed E-state index contributed by atoms with van der Waals surface area (Å²) in [6.45, 7) is 1.51. The largest absolute Gasteiger partial charge is 0.483 e. The van der Waals surface area contributed by atoms with E-state index >= 15 is 0 Å². The quantitative estimate of drug-likeness (QED) is 0.493. The zero-order chi connectivity index (χ0) is 20.7. The molecule has 2 amide bonds. The first-order valence-corrected chi connectivity index (χ1v) is 10.0. The molecule has 2 heterocycles. The molecule has 0 saturated heterocycles. The van der Waals surface area contributed by atoms with Crippen LogP contribution >= 0.6 is 22.7 Å². The number of thiophene rings is 1.